The summed E-state index contributed by atoms with van der Waals surface area (Å²) in [5.74, 6) is -0.446. The fraction of sp³-hybridized carbons (Fsp3) is 0.200. The Kier molecular flexibility index (Phi) is 6.67. The van der Waals surface area contributed by atoms with E-state index in [9.17, 15) is 14.0 Å². The number of Topliss-reactive ketones (excluding diaryl/α,β-unsaturated/α-hetero) is 1. The molecule has 1 heterocycles. The molecule has 5 rings (SSSR count). The smallest absolute Gasteiger partial charge is 0.254 e. The van der Waals surface area contributed by atoms with Crippen molar-refractivity contribution in [1.29, 1.82) is 0 Å². The molecule has 3 aromatic rings. The number of nitrogens with one attached hydrogen (secondary N) is 2. The van der Waals surface area contributed by atoms with Gasteiger partial charge in [-0.2, -0.15) is 0 Å². The molecular formula is C30H27FN2O3. The first-order valence-electron chi connectivity index (χ1n) is 12.1. The first kappa shape index (κ1) is 23.5. The number of anilines is 1. The highest BCUT2D eigenvalue weighted by atomic mass is 19.1. The predicted octanol–water partition coefficient (Wildman–Crippen LogP) is 6.01. The van der Waals surface area contributed by atoms with Crippen LogP contribution in [-0.4, -0.2) is 11.7 Å². The second kappa shape index (κ2) is 10.2. The maximum Gasteiger partial charge on any atom is 0.254 e. The van der Waals surface area contributed by atoms with Crippen molar-refractivity contribution in [2.75, 3.05) is 5.32 Å². The van der Waals surface area contributed by atoms with Crippen LogP contribution < -0.4 is 15.4 Å². The van der Waals surface area contributed by atoms with Crippen molar-refractivity contribution in [3.05, 3.63) is 118 Å². The molecule has 2 aliphatic rings. The van der Waals surface area contributed by atoms with Gasteiger partial charge in [-0.15, -0.1) is 0 Å². The number of dihydropyridines is 1. The molecule has 0 radical (unpaired) electrons. The normalized spacial score (nSPS) is 17.4. The van der Waals surface area contributed by atoms with Crippen LogP contribution >= 0.6 is 0 Å². The van der Waals surface area contributed by atoms with Crippen LogP contribution in [0.2, 0.25) is 0 Å². The summed E-state index contributed by atoms with van der Waals surface area (Å²) in [4.78, 5) is 26.6. The molecule has 36 heavy (non-hydrogen) atoms. The Morgan fingerprint density at radius 3 is 2.44 bits per heavy atom. The van der Waals surface area contributed by atoms with E-state index in [1.165, 1.54) is 24.3 Å². The fourth-order valence-electron chi connectivity index (χ4n) is 4.85. The van der Waals surface area contributed by atoms with E-state index in [4.69, 9.17) is 4.74 Å². The van der Waals surface area contributed by atoms with Gasteiger partial charge in [0.25, 0.3) is 5.91 Å². The summed E-state index contributed by atoms with van der Waals surface area (Å²) >= 11 is 0. The minimum atomic E-state index is -0.502. The standard InChI is InChI=1S/C30H27FN2O3/c1-19-27(30(35)33-23-14-12-22(31)13-15-23)28(29-25(32-19)8-5-9-26(29)34)21-10-16-24(17-11-21)36-18-20-6-3-2-4-7-20/h2-4,6-7,10-17,28,32H,5,8-9,18H2,1H3,(H,33,35)/t28-/m1/s1. The third kappa shape index (κ3) is 4.93. The Bertz CT molecular complexity index is 1340. The SMILES string of the molecule is CC1=C(C(=O)Nc2ccc(F)cc2)[C@@H](c2ccc(OCc3ccccc3)cc2)C2=C(CCCC2=O)N1. The van der Waals surface area contributed by atoms with E-state index in [1.54, 1.807) is 0 Å². The van der Waals surface area contributed by atoms with E-state index in [0.717, 1.165) is 29.7 Å². The Morgan fingerprint density at radius 1 is 1.00 bits per heavy atom. The lowest BCUT2D eigenvalue weighted by Gasteiger charge is -2.34. The van der Waals surface area contributed by atoms with Crippen LogP contribution in [0, 0.1) is 5.82 Å². The maximum absolute atomic E-state index is 13.5. The molecule has 0 unspecified atom stereocenters. The molecule has 182 valence electrons. The zero-order valence-electron chi connectivity index (χ0n) is 20.0. The molecule has 0 fully saturated rings. The van der Waals surface area contributed by atoms with Crippen molar-refractivity contribution < 1.29 is 18.7 Å². The summed E-state index contributed by atoms with van der Waals surface area (Å²) in [6.07, 6.45) is 2.01. The number of amides is 1. The van der Waals surface area contributed by atoms with Gasteiger partial charge in [0.1, 0.15) is 18.2 Å². The van der Waals surface area contributed by atoms with Crippen LogP contribution in [0.15, 0.2) is 101 Å². The van der Waals surface area contributed by atoms with Crippen molar-refractivity contribution in [1.82, 2.24) is 5.32 Å². The molecule has 1 aliphatic heterocycles. The average molecular weight is 483 g/mol. The molecule has 2 N–H and O–H groups in total. The highest BCUT2D eigenvalue weighted by Crippen LogP contribution is 2.42. The van der Waals surface area contributed by atoms with Gasteiger partial charge in [0.15, 0.2) is 5.78 Å². The van der Waals surface area contributed by atoms with Gasteiger partial charge in [-0.25, -0.2) is 4.39 Å². The van der Waals surface area contributed by atoms with Crippen LogP contribution in [0.5, 0.6) is 5.75 Å². The summed E-state index contributed by atoms with van der Waals surface area (Å²) in [6.45, 7) is 2.30. The lowest BCUT2D eigenvalue weighted by Crippen LogP contribution is -2.35. The summed E-state index contributed by atoms with van der Waals surface area (Å²) in [5.41, 5.74) is 5.12. The van der Waals surface area contributed by atoms with Crippen molar-refractivity contribution >= 4 is 17.4 Å². The highest BCUT2D eigenvalue weighted by molar-refractivity contribution is 6.09. The van der Waals surface area contributed by atoms with Gasteiger partial charge in [0.2, 0.25) is 0 Å². The topological polar surface area (TPSA) is 67.4 Å². The first-order chi connectivity index (χ1) is 17.5. The molecule has 1 atom stereocenters. The molecule has 0 aromatic heterocycles. The zero-order valence-corrected chi connectivity index (χ0v) is 20.0. The van der Waals surface area contributed by atoms with Crippen molar-refractivity contribution in [2.24, 2.45) is 0 Å². The monoisotopic (exact) mass is 482 g/mol. The predicted molar refractivity (Wildman–Crippen MR) is 137 cm³/mol. The fourth-order valence-corrected chi connectivity index (χ4v) is 4.85. The number of hydrogen-bond acceptors (Lipinski definition) is 4. The first-order valence-corrected chi connectivity index (χ1v) is 12.1. The Labute approximate surface area is 209 Å². The van der Waals surface area contributed by atoms with Crippen LogP contribution in [0.25, 0.3) is 0 Å². The van der Waals surface area contributed by atoms with Crippen molar-refractivity contribution in [2.45, 2.75) is 38.7 Å². The van der Waals surface area contributed by atoms with E-state index in [2.05, 4.69) is 10.6 Å². The number of benzene rings is 3. The summed E-state index contributed by atoms with van der Waals surface area (Å²) in [7, 11) is 0. The van der Waals surface area contributed by atoms with Gasteiger partial charge in [0, 0.05) is 40.6 Å². The van der Waals surface area contributed by atoms with Crippen molar-refractivity contribution in [3.63, 3.8) is 0 Å². The van der Waals surface area contributed by atoms with Crippen LogP contribution in [-0.2, 0) is 16.2 Å². The Morgan fingerprint density at radius 2 is 1.72 bits per heavy atom. The lowest BCUT2D eigenvalue weighted by molar-refractivity contribution is -0.116. The molecule has 6 heteroatoms. The quantitative estimate of drug-likeness (QED) is 0.452. The number of carbonyl (C=O) groups is 2. The maximum atomic E-state index is 13.5. The number of rotatable bonds is 6. The minimum Gasteiger partial charge on any atom is -0.489 e. The summed E-state index contributed by atoms with van der Waals surface area (Å²) < 4.78 is 19.3. The van der Waals surface area contributed by atoms with E-state index in [-0.39, 0.29) is 17.5 Å². The van der Waals surface area contributed by atoms with Gasteiger partial charge in [0.05, 0.1) is 0 Å². The molecule has 5 nitrogen and oxygen atoms in total. The third-order valence-electron chi connectivity index (χ3n) is 6.58. The van der Waals surface area contributed by atoms with Gasteiger partial charge in [-0.05, 0) is 67.3 Å². The second-order valence-electron chi connectivity index (χ2n) is 9.07. The minimum absolute atomic E-state index is 0.0535. The average Bonchev–Trinajstić information content (AvgIpc) is 2.89. The molecule has 3 aromatic carbocycles. The number of allylic oxidation sites excluding steroid dienone is 3. The van der Waals surface area contributed by atoms with E-state index < -0.39 is 5.92 Å². The third-order valence-corrected chi connectivity index (χ3v) is 6.58. The molecule has 0 saturated carbocycles. The van der Waals surface area contributed by atoms with Crippen LogP contribution in [0.4, 0.5) is 10.1 Å². The Balaban J connectivity index is 1.45. The largest absolute Gasteiger partial charge is 0.489 e. The number of halogens is 1. The number of ketones is 1. The molecule has 1 aliphatic carbocycles. The van der Waals surface area contributed by atoms with Crippen LogP contribution in [0.3, 0.4) is 0 Å². The van der Waals surface area contributed by atoms with E-state index >= 15 is 0 Å². The molecular weight excluding hydrogens is 455 g/mol. The van der Waals surface area contributed by atoms with E-state index in [0.29, 0.717) is 41.3 Å². The van der Waals surface area contributed by atoms with Gasteiger partial charge in [-0.3, -0.25) is 9.59 Å². The zero-order chi connectivity index (χ0) is 25.1. The van der Waals surface area contributed by atoms with Gasteiger partial charge >= 0.3 is 0 Å². The second-order valence-corrected chi connectivity index (χ2v) is 9.07. The Hall–Kier alpha value is -4.19. The molecule has 0 spiro atoms. The molecule has 0 saturated heterocycles. The highest BCUT2D eigenvalue weighted by Gasteiger charge is 2.38. The van der Waals surface area contributed by atoms with Crippen molar-refractivity contribution in [3.8, 4) is 5.75 Å². The van der Waals surface area contributed by atoms with Crippen LogP contribution in [0.1, 0.15) is 43.2 Å². The van der Waals surface area contributed by atoms with E-state index in [1.807, 2.05) is 61.5 Å². The molecule has 1 amide bonds. The summed E-state index contributed by atoms with van der Waals surface area (Å²) in [6, 6.07) is 23.1. The number of ether oxygens (including phenoxy) is 1. The molecule has 0 bridgehead atoms. The number of hydrogen-bond donors (Lipinski definition) is 2. The lowest BCUT2D eigenvalue weighted by atomic mass is 9.75. The number of carbonyl (C=O) groups excluding carboxylic acids is 2. The van der Waals surface area contributed by atoms with Gasteiger partial charge in [-0.1, -0.05) is 42.5 Å². The summed E-state index contributed by atoms with van der Waals surface area (Å²) in [5, 5.41) is 6.18. The van der Waals surface area contributed by atoms with Gasteiger partial charge < -0.3 is 15.4 Å².